The van der Waals surface area contributed by atoms with Gasteiger partial charge in [0.25, 0.3) is 0 Å². The standard InChI is InChI=1S/C14H8F4O3/c15-9-2-1-7(10(16)5-9)6-21-13-11(17)3-8(14(19)20)4-12(13)18/h1-5H,6H2,(H,19,20). The summed E-state index contributed by atoms with van der Waals surface area (Å²) in [4.78, 5) is 10.6. The number of carbonyl (C=O) groups is 1. The van der Waals surface area contributed by atoms with Crippen molar-refractivity contribution in [3.05, 3.63) is 64.7 Å². The van der Waals surface area contributed by atoms with E-state index in [9.17, 15) is 22.4 Å². The number of ether oxygens (including phenoxy) is 1. The zero-order valence-electron chi connectivity index (χ0n) is 10.4. The molecule has 0 amide bonds. The molecule has 0 heterocycles. The number of aromatic carboxylic acids is 1. The predicted molar refractivity (Wildman–Crippen MR) is 64.0 cm³/mol. The third kappa shape index (κ3) is 3.31. The Morgan fingerprint density at radius 2 is 1.62 bits per heavy atom. The van der Waals surface area contributed by atoms with Crippen molar-refractivity contribution in [3.63, 3.8) is 0 Å². The molecule has 0 atom stereocenters. The van der Waals surface area contributed by atoms with Crippen LogP contribution in [-0.2, 0) is 6.61 Å². The third-order valence-electron chi connectivity index (χ3n) is 2.63. The summed E-state index contributed by atoms with van der Waals surface area (Å²) in [5.41, 5.74) is -0.678. The van der Waals surface area contributed by atoms with Gasteiger partial charge in [0.05, 0.1) is 5.56 Å². The first kappa shape index (κ1) is 14.8. The molecule has 1 N–H and O–H groups in total. The van der Waals surface area contributed by atoms with Crippen molar-refractivity contribution in [2.24, 2.45) is 0 Å². The van der Waals surface area contributed by atoms with Gasteiger partial charge in [-0.3, -0.25) is 0 Å². The predicted octanol–water partition coefficient (Wildman–Crippen LogP) is 3.52. The Hall–Kier alpha value is -2.57. The van der Waals surface area contributed by atoms with Gasteiger partial charge < -0.3 is 9.84 Å². The van der Waals surface area contributed by atoms with Gasteiger partial charge >= 0.3 is 5.97 Å². The number of halogens is 4. The SMILES string of the molecule is O=C(O)c1cc(F)c(OCc2ccc(F)cc2F)c(F)c1. The van der Waals surface area contributed by atoms with Crippen molar-refractivity contribution < 1.29 is 32.2 Å². The summed E-state index contributed by atoms with van der Waals surface area (Å²) in [7, 11) is 0. The van der Waals surface area contributed by atoms with E-state index in [0.717, 1.165) is 12.1 Å². The highest BCUT2D eigenvalue weighted by Crippen LogP contribution is 2.25. The Kier molecular flexibility index (Phi) is 4.11. The van der Waals surface area contributed by atoms with Crippen LogP contribution >= 0.6 is 0 Å². The maximum Gasteiger partial charge on any atom is 0.335 e. The zero-order chi connectivity index (χ0) is 15.6. The van der Waals surface area contributed by atoms with Gasteiger partial charge in [0, 0.05) is 11.6 Å². The van der Waals surface area contributed by atoms with Crippen LogP contribution in [0.5, 0.6) is 5.75 Å². The van der Waals surface area contributed by atoms with Crippen molar-refractivity contribution in [1.82, 2.24) is 0 Å². The van der Waals surface area contributed by atoms with Crippen LogP contribution in [0, 0.1) is 23.3 Å². The summed E-state index contributed by atoms with van der Waals surface area (Å²) in [6.07, 6.45) is 0. The van der Waals surface area contributed by atoms with Crippen LogP contribution in [0.15, 0.2) is 30.3 Å². The highest BCUT2D eigenvalue weighted by atomic mass is 19.1. The lowest BCUT2D eigenvalue weighted by molar-refractivity contribution is 0.0695. The van der Waals surface area contributed by atoms with E-state index in [-0.39, 0.29) is 5.56 Å². The number of carboxylic acid groups (broad SMARTS) is 1. The van der Waals surface area contributed by atoms with E-state index in [1.54, 1.807) is 0 Å². The molecule has 21 heavy (non-hydrogen) atoms. The maximum absolute atomic E-state index is 13.6. The Morgan fingerprint density at radius 1 is 1.00 bits per heavy atom. The number of hydrogen-bond acceptors (Lipinski definition) is 2. The minimum Gasteiger partial charge on any atom is -0.483 e. The molecule has 7 heteroatoms. The molecule has 0 spiro atoms. The molecule has 2 aromatic rings. The second-order valence-corrected chi connectivity index (χ2v) is 4.10. The van der Waals surface area contributed by atoms with Crippen LogP contribution in [0.2, 0.25) is 0 Å². The first-order valence-corrected chi connectivity index (χ1v) is 5.67. The summed E-state index contributed by atoms with van der Waals surface area (Å²) in [5, 5.41) is 8.64. The van der Waals surface area contributed by atoms with Gasteiger partial charge in [-0.05, 0) is 24.3 Å². The Morgan fingerprint density at radius 3 is 2.14 bits per heavy atom. The van der Waals surface area contributed by atoms with Gasteiger partial charge in [0.2, 0.25) is 0 Å². The zero-order valence-corrected chi connectivity index (χ0v) is 10.4. The normalized spacial score (nSPS) is 10.5. The quantitative estimate of drug-likeness (QED) is 0.879. The summed E-state index contributed by atoms with van der Waals surface area (Å²) in [6, 6.07) is 3.83. The molecular weight excluding hydrogens is 292 g/mol. The molecule has 0 aliphatic heterocycles. The Balaban J connectivity index is 2.22. The van der Waals surface area contributed by atoms with Gasteiger partial charge in [-0.1, -0.05) is 0 Å². The fourth-order valence-electron chi connectivity index (χ4n) is 1.61. The molecule has 0 saturated carbocycles. The number of carboxylic acids is 1. The maximum atomic E-state index is 13.6. The van der Waals surface area contributed by atoms with Gasteiger partial charge in [-0.25, -0.2) is 22.4 Å². The van der Waals surface area contributed by atoms with E-state index in [4.69, 9.17) is 9.84 Å². The molecule has 2 aromatic carbocycles. The van der Waals surface area contributed by atoms with Crippen LogP contribution in [0.25, 0.3) is 0 Å². The van der Waals surface area contributed by atoms with E-state index in [0.29, 0.717) is 18.2 Å². The van der Waals surface area contributed by atoms with Crippen molar-refractivity contribution >= 4 is 5.97 Å². The average molecular weight is 300 g/mol. The molecule has 0 radical (unpaired) electrons. The summed E-state index contributed by atoms with van der Waals surface area (Å²) in [6.45, 7) is -0.535. The number of hydrogen-bond donors (Lipinski definition) is 1. The van der Waals surface area contributed by atoms with Crippen molar-refractivity contribution in [3.8, 4) is 5.75 Å². The number of benzene rings is 2. The average Bonchev–Trinajstić information content (AvgIpc) is 2.39. The van der Waals surface area contributed by atoms with Gasteiger partial charge in [-0.15, -0.1) is 0 Å². The van der Waals surface area contributed by atoms with Crippen LogP contribution in [0.4, 0.5) is 17.6 Å². The molecular formula is C14H8F4O3. The molecule has 0 saturated heterocycles. The highest BCUT2D eigenvalue weighted by molar-refractivity contribution is 5.87. The molecule has 0 fully saturated rings. The molecule has 0 unspecified atom stereocenters. The van der Waals surface area contributed by atoms with Crippen LogP contribution in [-0.4, -0.2) is 11.1 Å². The molecule has 110 valence electrons. The molecule has 2 rings (SSSR count). The fourth-order valence-corrected chi connectivity index (χ4v) is 1.61. The van der Waals surface area contributed by atoms with Gasteiger partial charge in [-0.2, -0.15) is 0 Å². The first-order chi connectivity index (χ1) is 9.88. The van der Waals surface area contributed by atoms with Crippen LogP contribution < -0.4 is 4.74 Å². The van der Waals surface area contributed by atoms with Gasteiger partial charge in [0.15, 0.2) is 17.4 Å². The number of rotatable bonds is 4. The third-order valence-corrected chi connectivity index (χ3v) is 2.63. The van der Waals surface area contributed by atoms with E-state index in [2.05, 4.69) is 0 Å². The lowest BCUT2D eigenvalue weighted by atomic mass is 10.2. The lowest BCUT2D eigenvalue weighted by Gasteiger charge is -2.10. The minimum absolute atomic E-state index is 0.0995. The summed E-state index contributed by atoms with van der Waals surface area (Å²) in [5.74, 6) is -6.49. The first-order valence-electron chi connectivity index (χ1n) is 5.67. The molecule has 0 aromatic heterocycles. The van der Waals surface area contributed by atoms with Crippen LogP contribution in [0.3, 0.4) is 0 Å². The minimum atomic E-state index is -1.50. The highest BCUT2D eigenvalue weighted by Gasteiger charge is 2.16. The molecule has 3 nitrogen and oxygen atoms in total. The monoisotopic (exact) mass is 300 g/mol. The lowest BCUT2D eigenvalue weighted by Crippen LogP contribution is -2.05. The van der Waals surface area contributed by atoms with Gasteiger partial charge in [0.1, 0.15) is 18.2 Å². The van der Waals surface area contributed by atoms with E-state index >= 15 is 0 Å². The van der Waals surface area contributed by atoms with Crippen molar-refractivity contribution in [2.75, 3.05) is 0 Å². The van der Waals surface area contributed by atoms with E-state index in [1.807, 2.05) is 0 Å². The summed E-state index contributed by atoms with van der Waals surface area (Å²) < 4.78 is 58.0. The molecule has 0 aliphatic carbocycles. The second-order valence-electron chi connectivity index (χ2n) is 4.10. The van der Waals surface area contributed by atoms with Crippen molar-refractivity contribution in [2.45, 2.75) is 6.61 Å². The molecule has 0 bridgehead atoms. The van der Waals surface area contributed by atoms with E-state index < -0.39 is 47.2 Å². The second kappa shape index (κ2) is 5.82. The van der Waals surface area contributed by atoms with Crippen LogP contribution in [0.1, 0.15) is 15.9 Å². The largest absolute Gasteiger partial charge is 0.483 e. The smallest absolute Gasteiger partial charge is 0.335 e. The Bertz CT molecular complexity index is 678. The van der Waals surface area contributed by atoms with E-state index in [1.165, 1.54) is 0 Å². The summed E-state index contributed by atoms with van der Waals surface area (Å²) >= 11 is 0. The fraction of sp³-hybridized carbons (Fsp3) is 0.0714. The topological polar surface area (TPSA) is 46.5 Å². The Labute approximate surface area is 116 Å². The molecule has 0 aliphatic rings. The van der Waals surface area contributed by atoms with Crippen molar-refractivity contribution in [1.29, 1.82) is 0 Å².